The molecule has 1 unspecified atom stereocenters. The molecule has 3 aromatic carbocycles. The number of hydrogen-bond donors (Lipinski definition) is 1. The monoisotopic (exact) mass is 332 g/mol. The number of phenols is 1. The molecule has 0 spiro atoms. The summed E-state index contributed by atoms with van der Waals surface area (Å²) in [5, 5.41) is 9.78. The Balaban J connectivity index is 2.11. The number of hydrogen-bond acceptors (Lipinski definition) is 4. The van der Waals surface area contributed by atoms with E-state index in [1.54, 1.807) is 19.2 Å². The van der Waals surface area contributed by atoms with E-state index >= 15 is 0 Å². The molecule has 4 heteroatoms. The highest BCUT2D eigenvalue weighted by Crippen LogP contribution is 2.51. The molecule has 1 atom stereocenters. The average Bonchev–Trinajstić information content (AvgIpc) is 2.94. The first kappa shape index (κ1) is 15.3. The molecule has 0 aromatic heterocycles. The van der Waals surface area contributed by atoms with Gasteiger partial charge in [-0.1, -0.05) is 48.5 Å². The summed E-state index contributed by atoms with van der Waals surface area (Å²) in [5.41, 5.74) is 1.04. The van der Waals surface area contributed by atoms with E-state index in [0.717, 1.165) is 5.56 Å². The molecule has 3 aromatic rings. The minimum Gasteiger partial charge on any atom is -0.508 e. The van der Waals surface area contributed by atoms with Crippen LogP contribution in [0.15, 0.2) is 72.8 Å². The van der Waals surface area contributed by atoms with Crippen molar-refractivity contribution in [3.63, 3.8) is 0 Å². The van der Waals surface area contributed by atoms with E-state index < -0.39 is 11.4 Å². The fourth-order valence-corrected chi connectivity index (χ4v) is 3.52. The molecule has 1 aliphatic rings. The van der Waals surface area contributed by atoms with E-state index in [4.69, 9.17) is 9.47 Å². The van der Waals surface area contributed by atoms with Gasteiger partial charge in [0.05, 0.1) is 7.11 Å². The van der Waals surface area contributed by atoms with Crippen molar-refractivity contribution in [1.29, 1.82) is 0 Å². The molecule has 25 heavy (non-hydrogen) atoms. The lowest BCUT2D eigenvalue weighted by molar-refractivity contribution is -0.135. The fraction of sp³-hybridized carbons (Fsp3) is 0.0952. The smallest absolute Gasteiger partial charge is 0.331 e. The van der Waals surface area contributed by atoms with Crippen molar-refractivity contribution in [1.82, 2.24) is 0 Å². The highest BCUT2D eigenvalue weighted by molar-refractivity contribution is 5.99. The highest BCUT2D eigenvalue weighted by atomic mass is 16.5. The van der Waals surface area contributed by atoms with Gasteiger partial charge >= 0.3 is 5.97 Å². The predicted octanol–water partition coefficient (Wildman–Crippen LogP) is 3.65. The molecule has 4 rings (SSSR count). The van der Waals surface area contributed by atoms with Gasteiger partial charge in [-0.3, -0.25) is 0 Å². The summed E-state index contributed by atoms with van der Waals surface area (Å²) >= 11 is 0. The Morgan fingerprint density at radius 1 is 0.920 bits per heavy atom. The van der Waals surface area contributed by atoms with E-state index in [0.29, 0.717) is 22.6 Å². The van der Waals surface area contributed by atoms with Crippen LogP contribution in [0.4, 0.5) is 0 Å². The molecular formula is C21H16O4. The molecule has 1 heterocycles. The quantitative estimate of drug-likeness (QED) is 0.587. The van der Waals surface area contributed by atoms with Gasteiger partial charge in [-0.2, -0.15) is 0 Å². The van der Waals surface area contributed by atoms with Gasteiger partial charge in [-0.25, -0.2) is 4.79 Å². The molecule has 0 amide bonds. The minimum absolute atomic E-state index is 0.0513. The second-order valence-corrected chi connectivity index (χ2v) is 5.89. The van der Waals surface area contributed by atoms with Gasteiger partial charge in [0.15, 0.2) is 5.41 Å². The molecule has 0 saturated heterocycles. The van der Waals surface area contributed by atoms with Crippen LogP contribution in [0.5, 0.6) is 17.2 Å². The number of carbonyl (C=O) groups excluding carboxylic acids is 1. The van der Waals surface area contributed by atoms with Crippen LogP contribution in [-0.2, 0) is 10.2 Å². The number of ether oxygens (including phenoxy) is 2. The molecule has 0 fully saturated rings. The number of esters is 1. The van der Waals surface area contributed by atoms with Gasteiger partial charge in [-0.15, -0.1) is 0 Å². The first-order chi connectivity index (χ1) is 12.2. The standard InChI is InChI=1S/C21H16O4/c1-24-18-10-6-5-9-16(18)21(14-7-3-2-4-8-14)17-12-11-15(22)13-19(17)25-20(21)23/h2-13,22H,1H3. The van der Waals surface area contributed by atoms with Crippen LogP contribution in [-0.4, -0.2) is 18.2 Å². The molecule has 0 aliphatic carbocycles. The molecule has 1 N–H and O–H groups in total. The zero-order valence-electron chi connectivity index (χ0n) is 13.6. The zero-order chi connectivity index (χ0) is 17.4. The van der Waals surface area contributed by atoms with Crippen LogP contribution in [0.2, 0.25) is 0 Å². The number of benzene rings is 3. The molecule has 1 aliphatic heterocycles. The van der Waals surface area contributed by atoms with Gasteiger partial charge in [0.1, 0.15) is 17.2 Å². The van der Waals surface area contributed by atoms with Gasteiger partial charge in [0, 0.05) is 17.2 Å². The van der Waals surface area contributed by atoms with Crippen molar-refractivity contribution in [2.24, 2.45) is 0 Å². The maximum absolute atomic E-state index is 13.2. The molecular weight excluding hydrogens is 316 g/mol. The number of aromatic hydroxyl groups is 1. The van der Waals surface area contributed by atoms with Crippen LogP contribution in [0.3, 0.4) is 0 Å². The van der Waals surface area contributed by atoms with Crippen molar-refractivity contribution in [2.45, 2.75) is 5.41 Å². The van der Waals surface area contributed by atoms with Gasteiger partial charge in [-0.05, 0) is 23.8 Å². The number of methoxy groups -OCH3 is 1. The van der Waals surface area contributed by atoms with E-state index in [1.807, 2.05) is 54.6 Å². The van der Waals surface area contributed by atoms with Crippen LogP contribution >= 0.6 is 0 Å². The normalized spacial score (nSPS) is 18.5. The second-order valence-electron chi connectivity index (χ2n) is 5.89. The fourth-order valence-electron chi connectivity index (χ4n) is 3.52. The Kier molecular flexibility index (Phi) is 3.46. The summed E-state index contributed by atoms with van der Waals surface area (Å²) in [6.07, 6.45) is 0. The van der Waals surface area contributed by atoms with E-state index in [1.165, 1.54) is 6.07 Å². The lowest BCUT2D eigenvalue weighted by Crippen LogP contribution is -2.36. The number of fused-ring (bicyclic) bond motifs is 1. The zero-order valence-corrected chi connectivity index (χ0v) is 13.6. The highest BCUT2D eigenvalue weighted by Gasteiger charge is 2.53. The van der Waals surface area contributed by atoms with Crippen LogP contribution in [0.1, 0.15) is 16.7 Å². The molecule has 0 bridgehead atoms. The minimum atomic E-state index is -1.14. The van der Waals surface area contributed by atoms with Crippen molar-refractivity contribution in [3.8, 4) is 17.2 Å². The second kappa shape index (κ2) is 5.67. The Morgan fingerprint density at radius 3 is 2.40 bits per heavy atom. The lowest BCUT2D eigenvalue weighted by Gasteiger charge is -2.28. The van der Waals surface area contributed by atoms with Gasteiger partial charge in [0.2, 0.25) is 0 Å². The summed E-state index contributed by atoms with van der Waals surface area (Å²) in [6, 6.07) is 21.7. The maximum atomic E-state index is 13.2. The number of rotatable bonds is 3. The van der Waals surface area contributed by atoms with Gasteiger partial charge < -0.3 is 14.6 Å². The summed E-state index contributed by atoms with van der Waals surface area (Å²) < 4.78 is 11.1. The molecule has 0 radical (unpaired) electrons. The summed E-state index contributed by atoms with van der Waals surface area (Å²) in [7, 11) is 1.58. The van der Waals surface area contributed by atoms with Crippen molar-refractivity contribution in [3.05, 3.63) is 89.5 Å². The van der Waals surface area contributed by atoms with E-state index in [2.05, 4.69) is 0 Å². The van der Waals surface area contributed by atoms with E-state index in [9.17, 15) is 9.90 Å². The third-order valence-electron chi connectivity index (χ3n) is 4.60. The largest absolute Gasteiger partial charge is 0.508 e. The summed E-state index contributed by atoms with van der Waals surface area (Å²) in [6.45, 7) is 0. The van der Waals surface area contributed by atoms with Crippen LogP contribution in [0, 0.1) is 0 Å². The maximum Gasteiger partial charge on any atom is 0.331 e. The number of para-hydroxylation sites is 1. The number of phenolic OH excluding ortho intramolecular Hbond substituents is 1. The average molecular weight is 332 g/mol. The third kappa shape index (κ3) is 2.11. The molecule has 0 saturated carbocycles. The lowest BCUT2D eigenvalue weighted by atomic mass is 9.70. The Hall–Kier alpha value is -3.27. The van der Waals surface area contributed by atoms with Gasteiger partial charge in [0.25, 0.3) is 0 Å². The van der Waals surface area contributed by atoms with Crippen molar-refractivity contribution < 1.29 is 19.4 Å². The SMILES string of the molecule is COc1ccccc1C1(c2ccccc2)C(=O)Oc2cc(O)ccc21. The van der Waals surface area contributed by atoms with Crippen molar-refractivity contribution >= 4 is 5.97 Å². The third-order valence-corrected chi connectivity index (χ3v) is 4.60. The first-order valence-electron chi connectivity index (χ1n) is 7.92. The summed E-state index contributed by atoms with van der Waals surface area (Å²) in [5.74, 6) is 0.600. The van der Waals surface area contributed by atoms with Crippen LogP contribution < -0.4 is 9.47 Å². The van der Waals surface area contributed by atoms with E-state index in [-0.39, 0.29) is 5.75 Å². The Bertz CT molecular complexity index is 949. The van der Waals surface area contributed by atoms with Crippen LogP contribution in [0.25, 0.3) is 0 Å². The molecule has 4 nitrogen and oxygen atoms in total. The Morgan fingerprint density at radius 2 is 1.64 bits per heavy atom. The summed E-state index contributed by atoms with van der Waals surface area (Å²) in [4.78, 5) is 13.2. The Labute approximate surface area is 145 Å². The van der Waals surface area contributed by atoms with Crippen molar-refractivity contribution in [2.75, 3.05) is 7.11 Å². The first-order valence-corrected chi connectivity index (χ1v) is 7.92. The topological polar surface area (TPSA) is 55.8 Å². The molecule has 124 valence electrons. The predicted molar refractivity (Wildman–Crippen MR) is 93.1 cm³/mol. The number of carbonyl (C=O) groups is 1.